The number of aryl methyl sites for hydroxylation is 2. The molecule has 3 heterocycles. The molecule has 146 valence electrons. The number of hydrogen-bond acceptors (Lipinski definition) is 7. The van der Waals surface area contributed by atoms with Crippen molar-refractivity contribution >= 4 is 22.4 Å². The maximum Gasteiger partial charge on any atom is 0.260 e. The summed E-state index contributed by atoms with van der Waals surface area (Å²) in [7, 11) is 0. The average Bonchev–Trinajstić information content (AvgIpc) is 3.11. The van der Waals surface area contributed by atoms with Gasteiger partial charge in [0.15, 0.2) is 5.13 Å². The average molecular weight is 406 g/mol. The third-order valence-electron chi connectivity index (χ3n) is 4.74. The molecular formula is C20H18N6O2S. The largest absolute Gasteiger partial charge is 0.339 e. The van der Waals surface area contributed by atoms with Crippen LogP contribution in [0, 0.1) is 13.8 Å². The van der Waals surface area contributed by atoms with Crippen molar-refractivity contribution in [3.05, 3.63) is 58.7 Å². The highest BCUT2D eigenvalue weighted by atomic mass is 32.1. The molecule has 0 saturated heterocycles. The normalized spacial score (nSPS) is 13.6. The molecule has 1 aromatic carbocycles. The van der Waals surface area contributed by atoms with Crippen LogP contribution in [-0.2, 0) is 0 Å². The molecule has 4 aromatic rings. The molecule has 1 fully saturated rings. The summed E-state index contributed by atoms with van der Waals surface area (Å²) in [6.07, 6.45) is 3.97. The molecule has 0 bridgehead atoms. The SMILES string of the molecule is Cc1csc(NC(=O)c2cn(-c3ccc(-c4noc(C5CC5)n4)cc3)nc2C)n1. The topological polar surface area (TPSA) is 98.7 Å². The fourth-order valence-corrected chi connectivity index (χ4v) is 3.69. The number of nitrogens with zero attached hydrogens (tertiary/aromatic N) is 5. The zero-order chi connectivity index (χ0) is 20.0. The van der Waals surface area contributed by atoms with Crippen molar-refractivity contribution in [3.8, 4) is 17.1 Å². The minimum absolute atomic E-state index is 0.223. The number of rotatable bonds is 5. The summed E-state index contributed by atoms with van der Waals surface area (Å²) in [4.78, 5) is 21.3. The summed E-state index contributed by atoms with van der Waals surface area (Å²) in [5.74, 6) is 1.52. The molecule has 0 spiro atoms. The third-order valence-corrected chi connectivity index (χ3v) is 5.62. The lowest BCUT2D eigenvalue weighted by Crippen LogP contribution is -2.12. The lowest BCUT2D eigenvalue weighted by molar-refractivity contribution is 0.102. The van der Waals surface area contributed by atoms with Crippen LogP contribution in [0.15, 0.2) is 40.4 Å². The number of carbonyl (C=O) groups is 1. The molecule has 1 aliphatic rings. The summed E-state index contributed by atoms with van der Waals surface area (Å²) < 4.78 is 7.01. The summed E-state index contributed by atoms with van der Waals surface area (Å²) in [6.45, 7) is 3.70. The van der Waals surface area contributed by atoms with Crippen molar-refractivity contribution in [2.75, 3.05) is 5.32 Å². The van der Waals surface area contributed by atoms with Gasteiger partial charge in [0.05, 0.1) is 22.6 Å². The fraction of sp³-hybridized carbons (Fsp3) is 0.250. The minimum Gasteiger partial charge on any atom is -0.339 e. The van der Waals surface area contributed by atoms with Crippen molar-refractivity contribution in [3.63, 3.8) is 0 Å². The molecule has 0 atom stereocenters. The van der Waals surface area contributed by atoms with Gasteiger partial charge in [-0.2, -0.15) is 10.1 Å². The Morgan fingerprint density at radius 1 is 1.21 bits per heavy atom. The molecule has 5 rings (SSSR count). The van der Waals surface area contributed by atoms with Crippen molar-refractivity contribution < 1.29 is 9.32 Å². The monoisotopic (exact) mass is 406 g/mol. The molecule has 1 N–H and O–H groups in total. The van der Waals surface area contributed by atoms with Gasteiger partial charge in [-0.1, -0.05) is 5.16 Å². The molecule has 8 nitrogen and oxygen atoms in total. The van der Waals surface area contributed by atoms with E-state index in [1.807, 2.05) is 43.5 Å². The molecule has 3 aromatic heterocycles. The van der Waals surface area contributed by atoms with E-state index in [0.29, 0.717) is 28.1 Å². The van der Waals surface area contributed by atoms with Crippen molar-refractivity contribution in [1.82, 2.24) is 24.9 Å². The van der Waals surface area contributed by atoms with Crippen molar-refractivity contribution in [2.45, 2.75) is 32.6 Å². The van der Waals surface area contributed by atoms with E-state index in [4.69, 9.17) is 4.52 Å². The second-order valence-electron chi connectivity index (χ2n) is 7.10. The van der Waals surface area contributed by atoms with Gasteiger partial charge < -0.3 is 4.52 Å². The Morgan fingerprint density at radius 2 is 2.00 bits per heavy atom. The molecule has 1 saturated carbocycles. The second-order valence-corrected chi connectivity index (χ2v) is 7.96. The first-order valence-corrected chi connectivity index (χ1v) is 10.2. The van der Waals surface area contributed by atoms with Gasteiger partial charge in [-0.25, -0.2) is 9.67 Å². The Morgan fingerprint density at radius 3 is 2.69 bits per heavy atom. The van der Waals surface area contributed by atoms with Crippen molar-refractivity contribution in [2.24, 2.45) is 0 Å². The zero-order valence-corrected chi connectivity index (χ0v) is 16.7. The van der Waals surface area contributed by atoms with E-state index >= 15 is 0 Å². The summed E-state index contributed by atoms with van der Waals surface area (Å²) >= 11 is 1.40. The molecule has 0 aliphatic heterocycles. The van der Waals surface area contributed by atoms with E-state index in [1.165, 1.54) is 11.3 Å². The number of amides is 1. The zero-order valence-electron chi connectivity index (χ0n) is 15.9. The molecule has 0 radical (unpaired) electrons. The van der Waals surface area contributed by atoms with E-state index in [-0.39, 0.29) is 5.91 Å². The van der Waals surface area contributed by atoms with Gasteiger partial charge in [0, 0.05) is 23.1 Å². The van der Waals surface area contributed by atoms with Crippen molar-refractivity contribution in [1.29, 1.82) is 0 Å². The summed E-state index contributed by atoms with van der Waals surface area (Å²) in [5.41, 5.74) is 3.75. The van der Waals surface area contributed by atoms with Crippen LogP contribution in [0.1, 0.15) is 46.4 Å². The first kappa shape index (κ1) is 17.7. The summed E-state index contributed by atoms with van der Waals surface area (Å²) in [5, 5.41) is 13.8. The molecule has 29 heavy (non-hydrogen) atoms. The lowest BCUT2D eigenvalue weighted by atomic mass is 10.2. The minimum atomic E-state index is -0.223. The maximum atomic E-state index is 12.6. The quantitative estimate of drug-likeness (QED) is 0.535. The lowest BCUT2D eigenvalue weighted by Gasteiger charge is -2.02. The van der Waals surface area contributed by atoms with Gasteiger partial charge in [0.2, 0.25) is 11.7 Å². The van der Waals surface area contributed by atoms with Crippen LogP contribution < -0.4 is 5.32 Å². The first-order chi connectivity index (χ1) is 14.1. The Balaban J connectivity index is 1.35. The Kier molecular flexibility index (Phi) is 4.24. The number of benzene rings is 1. The fourth-order valence-electron chi connectivity index (χ4n) is 3.00. The second kappa shape index (κ2) is 6.93. The van der Waals surface area contributed by atoms with Crippen LogP contribution in [0.4, 0.5) is 5.13 Å². The Bertz CT molecular complexity index is 1190. The predicted molar refractivity (Wildman–Crippen MR) is 108 cm³/mol. The van der Waals surface area contributed by atoms with Gasteiger partial charge in [-0.05, 0) is 51.0 Å². The summed E-state index contributed by atoms with van der Waals surface area (Å²) in [6, 6.07) is 7.68. The molecule has 9 heteroatoms. The first-order valence-electron chi connectivity index (χ1n) is 9.31. The van der Waals surface area contributed by atoms with Crippen LogP contribution in [0.5, 0.6) is 0 Å². The van der Waals surface area contributed by atoms with Crippen LogP contribution in [0.3, 0.4) is 0 Å². The molecule has 0 unspecified atom stereocenters. The van der Waals surface area contributed by atoms with Gasteiger partial charge in [0.1, 0.15) is 0 Å². The number of hydrogen-bond donors (Lipinski definition) is 1. The molecule has 1 amide bonds. The van der Waals surface area contributed by atoms with E-state index in [0.717, 1.165) is 35.7 Å². The van der Waals surface area contributed by atoms with E-state index in [9.17, 15) is 4.79 Å². The standard InChI is InChI=1S/C20H18N6O2S/c1-11-10-29-20(21-11)23-18(27)16-9-26(24-12(16)2)15-7-5-13(6-8-15)17-22-19(28-25-17)14-3-4-14/h5-10,14H,3-4H2,1-2H3,(H,21,23,27). The number of thiazole rings is 1. The van der Waals surface area contributed by atoms with Crippen LogP contribution in [-0.4, -0.2) is 30.8 Å². The van der Waals surface area contributed by atoms with Gasteiger partial charge >= 0.3 is 0 Å². The van der Waals surface area contributed by atoms with Crippen LogP contribution in [0.25, 0.3) is 17.1 Å². The number of nitrogens with one attached hydrogen (secondary N) is 1. The number of aromatic nitrogens is 5. The van der Waals surface area contributed by atoms with Crippen LogP contribution in [0.2, 0.25) is 0 Å². The number of carbonyl (C=O) groups excluding carboxylic acids is 1. The van der Waals surface area contributed by atoms with Gasteiger partial charge in [0.25, 0.3) is 5.91 Å². The smallest absolute Gasteiger partial charge is 0.260 e. The highest BCUT2D eigenvalue weighted by Gasteiger charge is 2.29. The Hall–Kier alpha value is -3.33. The van der Waals surface area contributed by atoms with Gasteiger partial charge in [-0.3, -0.25) is 10.1 Å². The molecule has 1 aliphatic carbocycles. The molecular weight excluding hydrogens is 388 g/mol. The van der Waals surface area contributed by atoms with E-state index in [1.54, 1.807) is 10.9 Å². The highest BCUT2D eigenvalue weighted by Crippen LogP contribution is 2.39. The third kappa shape index (κ3) is 3.56. The predicted octanol–water partition coefficient (Wildman–Crippen LogP) is 4.13. The number of anilines is 1. The highest BCUT2D eigenvalue weighted by molar-refractivity contribution is 7.13. The Labute approximate surface area is 170 Å². The van der Waals surface area contributed by atoms with E-state index in [2.05, 4.69) is 25.5 Å². The van der Waals surface area contributed by atoms with Crippen LogP contribution >= 0.6 is 11.3 Å². The van der Waals surface area contributed by atoms with Gasteiger partial charge in [-0.15, -0.1) is 11.3 Å². The van der Waals surface area contributed by atoms with E-state index < -0.39 is 0 Å². The maximum absolute atomic E-state index is 12.6.